The Morgan fingerprint density at radius 3 is 3.00 bits per heavy atom. The first-order chi connectivity index (χ1) is 8.08. The number of carbonyl (C=O) groups is 1. The number of halogens is 2. The summed E-state index contributed by atoms with van der Waals surface area (Å²) in [5.74, 6) is -0.167. The molecule has 0 radical (unpaired) electrons. The van der Waals surface area contributed by atoms with E-state index in [1.165, 1.54) is 11.3 Å². The molecule has 0 aromatic carbocycles. The van der Waals surface area contributed by atoms with Crippen LogP contribution < -0.4 is 5.32 Å². The lowest BCUT2D eigenvalue weighted by Gasteiger charge is -2.06. The molecule has 2 aromatic rings. The molecule has 3 nitrogen and oxygen atoms in total. The molecule has 0 saturated heterocycles. The van der Waals surface area contributed by atoms with Gasteiger partial charge in [0.1, 0.15) is 0 Å². The summed E-state index contributed by atoms with van der Waals surface area (Å²) < 4.78 is 0.764. The summed E-state index contributed by atoms with van der Waals surface area (Å²) in [5.41, 5.74) is 1.45. The van der Waals surface area contributed by atoms with Crippen LogP contribution in [-0.4, -0.2) is 10.9 Å². The van der Waals surface area contributed by atoms with Gasteiger partial charge in [-0.25, -0.2) is 4.98 Å². The van der Waals surface area contributed by atoms with E-state index in [0.717, 1.165) is 10.0 Å². The zero-order valence-corrected chi connectivity index (χ0v) is 12.0. The Balaban J connectivity index is 2.24. The number of hydrogen-bond donors (Lipinski definition) is 1. The highest BCUT2D eigenvalue weighted by Gasteiger charge is 2.12. The van der Waals surface area contributed by atoms with Gasteiger partial charge in [-0.15, -0.1) is 11.3 Å². The molecule has 0 aliphatic heterocycles. The van der Waals surface area contributed by atoms with Crippen molar-refractivity contribution in [3.8, 4) is 0 Å². The first-order valence-electron chi connectivity index (χ1n) is 4.74. The van der Waals surface area contributed by atoms with Gasteiger partial charge in [0.2, 0.25) is 0 Å². The predicted octanol–water partition coefficient (Wildman–Crippen LogP) is 4.12. The highest BCUT2D eigenvalue weighted by Crippen LogP contribution is 2.24. The van der Waals surface area contributed by atoms with E-state index in [1.807, 2.05) is 18.4 Å². The maximum Gasteiger partial charge on any atom is 0.266 e. The first-order valence-corrected chi connectivity index (χ1v) is 6.79. The Kier molecular flexibility index (Phi) is 3.81. The van der Waals surface area contributed by atoms with Crippen LogP contribution in [0.25, 0.3) is 0 Å². The average molecular weight is 332 g/mol. The molecule has 0 unspecified atom stereocenters. The Labute approximate surface area is 116 Å². The summed E-state index contributed by atoms with van der Waals surface area (Å²) in [6, 6.07) is 3.62. The number of aryl methyl sites for hydroxylation is 1. The van der Waals surface area contributed by atoms with Crippen LogP contribution in [0.3, 0.4) is 0 Å². The van der Waals surface area contributed by atoms with Crippen molar-refractivity contribution in [2.75, 3.05) is 5.32 Å². The quantitative estimate of drug-likeness (QED) is 0.841. The SMILES string of the molecule is Cc1ccsc1C(=O)Nc1cc(Br)cnc1Cl. The number of carbonyl (C=O) groups excluding carboxylic acids is 1. The summed E-state index contributed by atoms with van der Waals surface area (Å²) >= 11 is 10.6. The lowest BCUT2D eigenvalue weighted by atomic mass is 10.3. The third kappa shape index (κ3) is 2.86. The maximum atomic E-state index is 12.0. The molecule has 1 amide bonds. The molecule has 0 spiro atoms. The molecule has 2 heterocycles. The fraction of sp³-hybridized carbons (Fsp3) is 0.0909. The summed E-state index contributed by atoms with van der Waals surface area (Å²) in [6.45, 7) is 1.90. The molecule has 0 fully saturated rings. The Morgan fingerprint density at radius 2 is 2.35 bits per heavy atom. The largest absolute Gasteiger partial charge is 0.319 e. The van der Waals surface area contributed by atoms with Gasteiger partial charge in [0.05, 0.1) is 10.6 Å². The van der Waals surface area contributed by atoms with E-state index in [2.05, 4.69) is 26.2 Å². The molecular weight excluding hydrogens is 324 g/mol. The molecule has 0 aliphatic carbocycles. The van der Waals surface area contributed by atoms with Crippen LogP contribution in [0.4, 0.5) is 5.69 Å². The number of anilines is 1. The summed E-state index contributed by atoms with van der Waals surface area (Å²) in [4.78, 5) is 16.6. The van der Waals surface area contributed by atoms with Crippen molar-refractivity contribution in [2.24, 2.45) is 0 Å². The van der Waals surface area contributed by atoms with Crippen molar-refractivity contribution >= 4 is 50.5 Å². The Hall–Kier alpha value is -0.910. The zero-order chi connectivity index (χ0) is 12.4. The van der Waals surface area contributed by atoms with Crippen LogP contribution in [0.2, 0.25) is 5.15 Å². The van der Waals surface area contributed by atoms with Crippen LogP contribution >= 0.6 is 38.9 Å². The molecule has 0 atom stereocenters. The van der Waals surface area contributed by atoms with Crippen LogP contribution in [0.1, 0.15) is 15.2 Å². The molecule has 0 aliphatic rings. The third-order valence-corrected chi connectivity index (χ3v) is 3.87. The number of rotatable bonds is 2. The van der Waals surface area contributed by atoms with E-state index in [0.29, 0.717) is 10.6 Å². The van der Waals surface area contributed by atoms with Gasteiger partial charge in [0, 0.05) is 10.7 Å². The lowest BCUT2D eigenvalue weighted by molar-refractivity contribution is 0.103. The standard InChI is InChI=1S/C11H8BrClN2OS/c1-6-2-3-17-9(6)11(16)15-8-4-7(12)5-14-10(8)13/h2-5H,1H3,(H,15,16). The lowest BCUT2D eigenvalue weighted by Crippen LogP contribution is -2.12. The van der Waals surface area contributed by atoms with Gasteiger partial charge in [-0.2, -0.15) is 0 Å². The van der Waals surface area contributed by atoms with Gasteiger partial charge in [-0.05, 0) is 45.9 Å². The molecule has 2 rings (SSSR count). The molecular formula is C11H8BrClN2OS. The van der Waals surface area contributed by atoms with Crippen LogP contribution in [0.15, 0.2) is 28.2 Å². The van der Waals surface area contributed by atoms with E-state index in [4.69, 9.17) is 11.6 Å². The van der Waals surface area contributed by atoms with Crippen molar-refractivity contribution in [3.05, 3.63) is 43.8 Å². The molecule has 2 aromatic heterocycles. The number of nitrogens with zero attached hydrogens (tertiary/aromatic N) is 1. The molecule has 6 heteroatoms. The average Bonchev–Trinajstić information content (AvgIpc) is 2.70. The second-order valence-electron chi connectivity index (χ2n) is 3.38. The number of aromatic nitrogens is 1. The van der Waals surface area contributed by atoms with Gasteiger partial charge in [-0.1, -0.05) is 11.6 Å². The summed E-state index contributed by atoms with van der Waals surface area (Å²) in [6.07, 6.45) is 1.58. The second-order valence-corrected chi connectivity index (χ2v) is 5.57. The number of pyridine rings is 1. The third-order valence-electron chi connectivity index (χ3n) is 2.12. The van der Waals surface area contributed by atoms with E-state index in [1.54, 1.807) is 12.3 Å². The summed E-state index contributed by atoms with van der Waals surface area (Å²) in [5, 5.41) is 4.90. The number of nitrogens with one attached hydrogen (secondary N) is 1. The normalized spacial score (nSPS) is 10.3. The van der Waals surface area contributed by atoms with Crippen molar-refractivity contribution in [3.63, 3.8) is 0 Å². The molecule has 0 bridgehead atoms. The summed E-state index contributed by atoms with van der Waals surface area (Å²) in [7, 11) is 0. The highest BCUT2D eigenvalue weighted by molar-refractivity contribution is 9.10. The second kappa shape index (κ2) is 5.16. The topological polar surface area (TPSA) is 42.0 Å². The Morgan fingerprint density at radius 1 is 1.59 bits per heavy atom. The number of thiophene rings is 1. The van der Waals surface area contributed by atoms with Crippen LogP contribution in [-0.2, 0) is 0 Å². The first kappa shape index (κ1) is 12.5. The fourth-order valence-corrected chi connectivity index (χ4v) is 2.60. The van der Waals surface area contributed by atoms with Gasteiger partial charge in [-0.3, -0.25) is 4.79 Å². The van der Waals surface area contributed by atoms with Crippen molar-refractivity contribution < 1.29 is 4.79 Å². The van der Waals surface area contributed by atoms with Gasteiger partial charge < -0.3 is 5.32 Å². The van der Waals surface area contributed by atoms with Crippen molar-refractivity contribution in [2.45, 2.75) is 6.92 Å². The Bertz CT molecular complexity index is 570. The molecule has 0 saturated carbocycles. The highest BCUT2D eigenvalue weighted by atomic mass is 79.9. The minimum atomic E-state index is -0.167. The smallest absolute Gasteiger partial charge is 0.266 e. The van der Waals surface area contributed by atoms with E-state index >= 15 is 0 Å². The van der Waals surface area contributed by atoms with E-state index in [-0.39, 0.29) is 11.1 Å². The number of amides is 1. The van der Waals surface area contributed by atoms with Gasteiger partial charge in [0.25, 0.3) is 5.91 Å². The van der Waals surface area contributed by atoms with E-state index in [9.17, 15) is 4.79 Å². The predicted molar refractivity (Wildman–Crippen MR) is 74.0 cm³/mol. The van der Waals surface area contributed by atoms with Crippen LogP contribution in [0.5, 0.6) is 0 Å². The zero-order valence-electron chi connectivity index (χ0n) is 8.83. The van der Waals surface area contributed by atoms with Crippen molar-refractivity contribution in [1.82, 2.24) is 4.98 Å². The molecule has 88 valence electrons. The van der Waals surface area contributed by atoms with E-state index < -0.39 is 0 Å². The monoisotopic (exact) mass is 330 g/mol. The molecule has 17 heavy (non-hydrogen) atoms. The number of hydrogen-bond acceptors (Lipinski definition) is 3. The maximum absolute atomic E-state index is 12.0. The van der Waals surface area contributed by atoms with Crippen LogP contribution in [0, 0.1) is 6.92 Å². The van der Waals surface area contributed by atoms with Gasteiger partial charge in [0.15, 0.2) is 5.15 Å². The minimum Gasteiger partial charge on any atom is -0.319 e. The minimum absolute atomic E-state index is 0.167. The van der Waals surface area contributed by atoms with Gasteiger partial charge >= 0.3 is 0 Å². The fourth-order valence-electron chi connectivity index (χ4n) is 1.29. The van der Waals surface area contributed by atoms with Crippen molar-refractivity contribution in [1.29, 1.82) is 0 Å². The molecule has 1 N–H and O–H groups in total.